The quantitative estimate of drug-likeness (QED) is 0.733. The fourth-order valence-corrected chi connectivity index (χ4v) is 2.85. The summed E-state index contributed by atoms with van der Waals surface area (Å²) in [5.74, 6) is 1.00. The summed E-state index contributed by atoms with van der Waals surface area (Å²) in [5, 5.41) is 2.83. The van der Waals surface area contributed by atoms with Crippen LogP contribution in [0.2, 0.25) is 0 Å². The molecule has 0 aliphatic rings. The SMILES string of the molecule is COc1cc(/C=C/C(=O)Nc2ccc(N(C)C)cc2)cc(Br)c1OC. The van der Waals surface area contributed by atoms with Crippen molar-refractivity contribution in [3.63, 3.8) is 0 Å². The second-order valence-corrected chi connectivity index (χ2v) is 6.36. The van der Waals surface area contributed by atoms with Gasteiger partial charge in [-0.25, -0.2) is 0 Å². The lowest BCUT2D eigenvalue weighted by molar-refractivity contribution is -0.111. The minimum Gasteiger partial charge on any atom is -0.493 e. The van der Waals surface area contributed by atoms with E-state index in [-0.39, 0.29) is 5.91 Å². The molecule has 0 fully saturated rings. The third kappa shape index (κ3) is 5.00. The van der Waals surface area contributed by atoms with Crippen molar-refractivity contribution >= 4 is 39.3 Å². The van der Waals surface area contributed by atoms with Crippen LogP contribution in [0.4, 0.5) is 11.4 Å². The number of nitrogens with one attached hydrogen (secondary N) is 1. The summed E-state index contributed by atoms with van der Waals surface area (Å²) in [6.45, 7) is 0. The van der Waals surface area contributed by atoms with Crippen LogP contribution >= 0.6 is 15.9 Å². The lowest BCUT2D eigenvalue weighted by atomic mass is 10.2. The number of amides is 1. The molecule has 0 aliphatic carbocycles. The van der Waals surface area contributed by atoms with Crippen molar-refractivity contribution < 1.29 is 14.3 Å². The van der Waals surface area contributed by atoms with Gasteiger partial charge in [0.2, 0.25) is 5.91 Å². The number of hydrogen-bond acceptors (Lipinski definition) is 4. The van der Waals surface area contributed by atoms with E-state index in [0.717, 1.165) is 21.4 Å². The summed E-state index contributed by atoms with van der Waals surface area (Å²) in [5.41, 5.74) is 2.64. The van der Waals surface area contributed by atoms with E-state index in [1.165, 1.54) is 6.08 Å². The van der Waals surface area contributed by atoms with Gasteiger partial charge in [0, 0.05) is 31.5 Å². The molecule has 5 nitrogen and oxygen atoms in total. The molecule has 2 aromatic rings. The van der Waals surface area contributed by atoms with Gasteiger partial charge in [0.15, 0.2) is 11.5 Å². The predicted molar refractivity (Wildman–Crippen MR) is 106 cm³/mol. The smallest absolute Gasteiger partial charge is 0.248 e. The number of carbonyl (C=O) groups is 1. The van der Waals surface area contributed by atoms with Crippen molar-refractivity contribution in [2.24, 2.45) is 0 Å². The van der Waals surface area contributed by atoms with Crippen molar-refractivity contribution in [3.05, 3.63) is 52.5 Å². The van der Waals surface area contributed by atoms with E-state index in [1.54, 1.807) is 26.4 Å². The van der Waals surface area contributed by atoms with Crippen LogP contribution < -0.4 is 19.7 Å². The molecule has 0 aliphatic heterocycles. The molecule has 25 heavy (non-hydrogen) atoms. The van der Waals surface area contributed by atoms with Crippen LogP contribution in [0.15, 0.2) is 46.9 Å². The van der Waals surface area contributed by atoms with Gasteiger partial charge in [0.05, 0.1) is 18.7 Å². The fourth-order valence-electron chi connectivity index (χ4n) is 2.23. The Hall–Kier alpha value is -2.47. The Morgan fingerprint density at radius 3 is 2.36 bits per heavy atom. The van der Waals surface area contributed by atoms with E-state index >= 15 is 0 Å². The minimum absolute atomic E-state index is 0.205. The van der Waals surface area contributed by atoms with Crippen molar-refractivity contribution in [3.8, 4) is 11.5 Å². The normalized spacial score (nSPS) is 10.6. The molecule has 0 spiro atoms. The van der Waals surface area contributed by atoms with Crippen LogP contribution in [0.3, 0.4) is 0 Å². The third-order valence-electron chi connectivity index (χ3n) is 3.53. The molecule has 1 amide bonds. The number of hydrogen-bond donors (Lipinski definition) is 1. The molecule has 0 saturated heterocycles. The summed E-state index contributed by atoms with van der Waals surface area (Å²) in [6.07, 6.45) is 3.20. The summed E-state index contributed by atoms with van der Waals surface area (Å²) in [4.78, 5) is 14.1. The molecular weight excluding hydrogens is 384 g/mol. The first-order chi connectivity index (χ1) is 11.9. The van der Waals surface area contributed by atoms with E-state index < -0.39 is 0 Å². The minimum atomic E-state index is -0.205. The summed E-state index contributed by atoms with van der Waals surface area (Å²) in [6, 6.07) is 11.3. The van der Waals surface area contributed by atoms with Crippen LogP contribution in [0.5, 0.6) is 11.5 Å². The molecule has 0 heterocycles. The molecule has 0 bridgehead atoms. The molecule has 0 radical (unpaired) electrons. The Kier molecular flexibility index (Phi) is 6.47. The van der Waals surface area contributed by atoms with E-state index in [1.807, 2.05) is 49.3 Å². The van der Waals surface area contributed by atoms with Gasteiger partial charge in [-0.1, -0.05) is 0 Å². The standard InChI is InChI=1S/C19H21BrN2O3/c1-22(2)15-8-6-14(7-9-15)21-18(23)10-5-13-11-16(20)19(25-4)17(12-13)24-3/h5-12H,1-4H3,(H,21,23)/b10-5+. The highest BCUT2D eigenvalue weighted by Gasteiger charge is 2.09. The van der Waals surface area contributed by atoms with Gasteiger partial charge in [0.25, 0.3) is 0 Å². The van der Waals surface area contributed by atoms with Gasteiger partial charge < -0.3 is 19.7 Å². The lowest BCUT2D eigenvalue weighted by Gasteiger charge is -2.12. The fraction of sp³-hybridized carbons (Fsp3) is 0.211. The second kappa shape index (κ2) is 8.58. The maximum atomic E-state index is 12.1. The zero-order valence-electron chi connectivity index (χ0n) is 14.7. The molecule has 0 unspecified atom stereocenters. The third-order valence-corrected chi connectivity index (χ3v) is 4.12. The zero-order chi connectivity index (χ0) is 18.4. The highest BCUT2D eigenvalue weighted by atomic mass is 79.9. The zero-order valence-corrected chi connectivity index (χ0v) is 16.3. The maximum absolute atomic E-state index is 12.1. The number of nitrogens with zero attached hydrogens (tertiary/aromatic N) is 1. The number of benzene rings is 2. The number of rotatable bonds is 6. The average Bonchev–Trinajstić information content (AvgIpc) is 2.59. The van der Waals surface area contributed by atoms with E-state index in [2.05, 4.69) is 21.2 Å². The van der Waals surface area contributed by atoms with Crippen LogP contribution in [0, 0.1) is 0 Å². The Morgan fingerprint density at radius 2 is 1.80 bits per heavy atom. The van der Waals surface area contributed by atoms with E-state index in [9.17, 15) is 4.79 Å². The number of methoxy groups -OCH3 is 2. The number of halogens is 1. The van der Waals surface area contributed by atoms with Gasteiger partial charge in [-0.3, -0.25) is 4.79 Å². The van der Waals surface area contributed by atoms with Crippen molar-refractivity contribution in [2.75, 3.05) is 38.5 Å². The van der Waals surface area contributed by atoms with Crippen molar-refractivity contribution in [1.29, 1.82) is 0 Å². The molecule has 6 heteroatoms. The van der Waals surface area contributed by atoms with Gasteiger partial charge in [-0.15, -0.1) is 0 Å². The predicted octanol–water partition coefficient (Wildman–Crippen LogP) is 4.18. The summed E-state index contributed by atoms with van der Waals surface area (Å²) in [7, 11) is 7.09. The highest BCUT2D eigenvalue weighted by Crippen LogP contribution is 2.36. The van der Waals surface area contributed by atoms with Gasteiger partial charge in [0.1, 0.15) is 0 Å². The van der Waals surface area contributed by atoms with Gasteiger partial charge in [-0.05, 0) is 64.0 Å². The van der Waals surface area contributed by atoms with Crippen molar-refractivity contribution in [2.45, 2.75) is 0 Å². The first-order valence-electron chi connectivity index (χ1n) is 7.62. The molecule has 132 valence electrons. The molecule has 0 atom stereocenters. The molecule has 2 aromatic carbocycles. The Morgan fingerprint density at radius 1 is 1.12 bits per heavy atom. The van der Waals surface area contributed by atoms with Gasteiger partial charge >= 0.3 is 0 Å². The largest absolute Gasteiger partial charge is 0.493 e. The average molecular weight is 405 g/mol. The van der Waals surface area contributed by atoms with E-state index in [4.69, 9.17) is 9.47 Å². The lowest BCUT2D eigenvalue weighted by Crippen LogP contribution is -2.10. The second-order valence-electron chi connectivity index (χ2n) is 5.50. The number of carbonyl (C=O) groups excluding carboxylic acids is 1. The molecular formula is C19H21BrN2O3. The first-order valence-corrected chi connectivity index (χ1v) is 8.42. The number of anilines is 2. The molecule has 1 N–H and O–H groups in total. The van der Waals surface area contributed by atoms with Gasteiger partial charge in [-0.2, -0.15) is 0 Å². The van der Waals surface area contributed by atoms with Crippen LogP contribution in [-0.2, 0) is 4.79 Å². The first kappa shape index (κ1) is 18.9. The Labute approximate surface area is 156 Å². The maximum Gasteiger partial charge on any atom is 0.248 e. The van der Waals surface area contributed by atoms with Crippen LogP contribution in [0.1, 0.15) is 5.56 Å². The van der Waals surface area contributed by atoms with E-state index in [0.29, 0.717) is 11.5 Å². The Balaban J connectivity index is 2.08. The Bertz CT molecular complexity index is 771. The summed E-state index contributed by atoms with van der Waals surface area (Å²) >= 11 is 3.43. The number of ether oxygens (including phenoxy) is 2. The van der Waals surface area contributed by atoms with Crippen LogP contribution in [-0.4, -0.2) is 34.2 Å². The molecule has 0 saturated carbocycles. The molecule has 0 aromatic heterocycles. The molecule has 2 rings (SSSR count). The monoisotopic (exact) mass is 404 g/mol. The van der Waals surface area contributed by atoms with Crippen molar-refractivity contribution in [1.82, 2.24) is 0 Å². The highest BCUT2D eigenvalue weighted by molar-refractivity contribution is 9.10. The topological polar surface area (TPSA) is 50.8 Å². The van der Waals surface area contributed by atoms with Crippen LogP contribution in [0.25, 0.3) is 6.08 Å². The summed E-state index contributed by atoms with van der Waals surface area (Å²) < 4.78 is 11.3.